The molecule has 0 saturated carbocycles. The van der Waals surface area contributed by atoms with E-state index in [0.29, 0.717) is 34.7 Å². The third-order valence-corrected chi connectivity index (χ3v) is 4.72. The maximum absolute atomic E-state index is 11.4. The molecule has 26 heavy (non-hydrogen) atoms. The Bertz CT molecular complexity index is 712. The number of carbonyl (C=O) groups excluding carboxylic acids is 3. The van der Waals surface area contributed by atoms with Gasteiger partial charge in [-0.1, -0.05) is 6.08 Å². The predicted octanol–water partition coefficient (Wildman–Crippen LogP) is 2.46. The van der Waals surface area contributed by atoms with E-state index in [9.17, 15) is 14.4 Å². The van der Waals surface area contributed by atoms with Crippen LogP contribution in [0.3, 0.4) is 0 Å². The summed E-state index contributed by atoms with van der Waals surface area (Å²) in [6, 6.07) is 4.84. The number of nitrogens with one attached hydrogen (secondary N) is 1. The van der Waals surface area contributed by atoms with Gasteiger partial charge in [0.25, 0.3) is 0 Å². The van der Waals surface area contributed by atoms with Crippen LogP contribution in [0.25, 0.3) is 6.08 Å². The second-order valence-electron chi connectivity index (χ2n) is 7.39. The number of amides is 1. The second kappa shape index (κ2) is 7.56. The molecule has 0 aromatic heterocycles. The van der Waals surface area contributed by atoms with Crippen LogP contribution in [-0.4, -0.2) is 43.3 Å². The van der Waals surface area contributed by atoms with Crippen molar-refractivity contribution in [3.05, 3.63) is 40.4 Å². The molecule has 1 aliphatic heterocycles. The molecule has 0 unspecified atom stereocenters. The van der Waals surface area contributed by atoms with Crippen LogP contribution in [0.2, 0.25) is 0 Å². The maximum atomic E-state index is 11.4. The summed E-state index contributed by atoms with van der Waals surface area (Å²) >= 11 is 0. The number of hydrogen-bond acceptors (Lipinski definition) is 5. The molecule has 1 aromatic carbocycles. The summed E-state index contributed by atoms with van der Waals surface area (Å²) in [4.78, 5) is 33.6. The molecule has 0 atom stereocenters. The molecule has 6 nitrogen and oxygen atoms in total. The molecule has 0 bridgehead atoms. The molecule has 1 amide bonds. The van der Waals surface area contributed by atoms with Gasteiger partial charge in [-0.25, -0.2) is 0 Å². The number of aldehydes is 2. The van der Waals surface area contributed by atoms with Gasteiger partial charge in [0, 0.05) is 24.6 Å². The Labute approximate surface area is 154 Å². The first-order chi connectivity index (χ1) is 12.1. The van der Waals surface area contributed by atoms with E-state index in [1.54, 1.807) is 18.2 Å². The van der Waals surface area contributed by atoms with Crippen molar-refractivity contribution in [1.29, 1.82) is 0 Å². The Morgan fingerprint density at radius 1 is 1.00 bits per heavy atom. The Morgan fingerprint density at radius 3 is 1.88 bits per heavy atom. The summed E-state index contributed by atoms with van der Waals surface area (Å²) in [7, 11) is -0.647. The summed E-state index contributed by atoms with van der Waals surface area (Å²) in [6.45, 7) is 9.44. The van der Waals surface area contributed by atoms with Gasteiger partial charge in [-0.05, 0) is 56.9 Å². The lowest BCUT2D eigenvalue weighted by atomic mass is 9.76. The molecule has 0 aliphatic carbocycles. The first kappa shape index (κ1) is 20.1. The Balaban J connectivity index is 2.42. The van der Waals surface area contributed by atoms with Crippen LogP contribution >= 0.6 is 0 Å². The highest BCUT2D eigenvalue weighted by Crippen LogP contribution is 2.38. The fraction of sp³-hybridized carbons (Fsp3) is 0.421. The van der Waals surface area contributed by atoms with E-state index in [1.165, 1.54) is 13.0 Å². The van der Waals surface area contributed by atoms with Crippen LogP contribution < -0.4 is 5.32 Å². The molecule has 0 radical (unpaired) electrons. The first-order valence-electron chi connectivity index (χ1n) is 8.44. The molecule has 0 spiro atoms. The van der Waals surface area contributed by atoms with Crippen LogP contribution in [0.5, 0.6) is 0 Å². The van der Waals surface area contributed by atoms with Crippen LogP contribution in [0, 0.1) is 0 Å². The van der Waals surface area contributed by atoms with Crippen molar-refractivity contribution < 1.29 is 23.7 Å². The zero-order chi connectivity index (χ0) is 19.5. The standard InChI is InChI=1S/C19H24BNO5/c1-13(24)21-10-17(20-25-18(2,3)19(4,5)26-20)9-14-6-15(11-22)8-16(7-14)12-23/h6-9,11-12H,10H2,1-5H3,(H,21,24). The molecule has 1 aliphatic rings. The summed E-state index contributed by atoms with van der Waals surface area (Å²) in [5, 5.41) is 2.75. The van der Waals surface area contributed by atoms with Crippen LogP contribution in [0.15, 0.2) is 23.7 Å². The highest BCUT2D eigenvalue weighted by atomic mass is 16.7. The van der Waals surface area contributed by atoms with Gasteiger partial charge < -0.3 is 14.6 Å². The maximum Gasteiger partial charge on any atom is 0.492 e. The van der Waals surface area contributed by atoms with E-state index in [1.807, 2.05) is 27.7 Å². The average Bonchev–Trinajstić information content (AvgIpc) is 2.78. The number of hydrogen-bond donors (Lipinski definition) is 1. The largest absolute Gasteiger partial charge is 0.492 e. The Hall–Kier alpha value is -2.25. The van der Waals surface area contributed by atoms with Gasteiger partial charge in [-0.3, -0.25) is 14.4 Å². The lowest BCUT2D eigenvalue weighted by Crippen LogP contribution is -2.41. The molecule has 1 heterocycles. The lowest BCUT2D eigenvalue weighted by molar-refractivity contribution is -0.118. The monoisotopic (exact) mass is 357 g/mol. The third-order valence-electron chi connectivity index (χ3n) is 4.72. The fourth-order valence-corrected chi connectivity index (χ4v) is 2.56. The van der Waals surface area contributed by atoms with Crippen molar-refractivity contribution in [2.45, 2.75) is 45.8 Å². The van der Waals surface area contributed by atoms with E-state index >= 15 is 0 Å². The van der Waals surface area contributed by atoms with Gasteiger partial charge in [0.15, 0.2) is 0 Å². The molecule has 1 fully saturated rings. The van der Waals surface area contributed by atoms with Crippen LogP contribution in [-0.2, 0) is 14.1 Å². The minimum absolute atomic E-state index is 0.178. The minimum atomic E-state index is -0.647. The van der Waals surface area contributed by atoms with Crippen molar-refractivity contribution >= 4 is 31.7 Å². The van der Waals surface area contributed by atoms with Crippen LogP contribution in [0.1, 0.15) is 60.9 Å². The van der Waals surface area contributed by atoms with Gasteiger partial charge in [0.1, 0.15) is 12.6 Å². The topological polar surface area (TPSA) is 81.7 Å². The lowest BCUT2D eigenvalue weighted by Gasteiger charge is -2.32. The highest BCUT2D eigenvalue weighted by Gasteiger charge is 2.52. The van der Waals surface area contributed by atoms with E-state index in [4.69, 9.17) is 9.31 Å². The smallest absolute Gasteiger partial charge is 0.400 e. The van der Waals surface area contributed by atoms with E-state index in [2.05, 4.69) is 5.32 Å². The van der Waals surface area contributed by atoms with Crippen molar-refractivity contribution in [3.63, 3.8) is 0 Å². The zero-order valence-electron chi connectivity index (χ0n) is 15.8. The Kier molecular flexibility index (Phi) is 5.83. The highest BCUT2D eigenvalue weighted by molar-refractivity contribution is 6.56. The van der Waals surface area contributed by atoms with Gasteiger partial charge in [0.2, 0.25) is 5.91 Å². The van der Waals surface area contributed by atoms with Crippen molar-refractivity contribution in [2.24, 2.45) is 0 Å². The van der Waals surface area contributed by atoms with Crippen molar-refractivity contribution in [2.75, 3.05) is 6.54 Å². The fourth-order valence-electron chi connectivity index (χ4n) is 2.56. The number of rotatable bonds is 6. The second-order valence-corrected chi connectivity index (χ2v) is 7.39. The SMILES string of the molecule is CC(=O)NCC(=Cc1cc(C=O)cc(C=O)c1)B1OC(C)(C)C(C)(C)O1. The summed E-state index contributed by atoms with van der Waals surface area (Å²) in [6.07, 6.45) is 3.15. The summed E-state index contributed by atoms with van der Waals surface area (Å²) < 4.78 is 12.1. The van der Waals surface area contributed by atoms with Gasteiger partial charge >= 0.3 is 7.12 Å². The van der Waals surface area contributed by atoms with E-state index in [0.717, 1.165) is 0 Å². The first-order valence-corrected chi connectivity index (χ1v) is 8.44. The number of benzene rings is 1. The van der Waals surface area contributed by atoms with Crippen molar-refractivity contribution in [1.82, 2.24) is 5.32 Å². The quantitative estimate of drug-likeness (QED) is 0.625. The van der Waals surface area contributed by atoms with Gasteiger partial charge in [0.05, 0.1) is 11.2 Å². The Morgan fingerprint density at radius 2 is 1.46 bits per heavy atom. The summed E-state index contributed by atoms with van der Waals surface area (Å²) in [5.41, 5.74) is 1.10. The van der Waals surface area contributed by atoms with E-state index in [-0.39, 0.29) is 12.5 Å². The van der Waals surface area contributed by atoms with Crippen LogP contribution in [0.4, 0.5) is 0 Å². The molecular formula is C19H24BNO5. The molecular weight excluding hydrogens is 333 g/mol. The zero-order valence-corrected chi connectivity index (χ0v) is 15.8. The normalized spacial score (nSPS) is 18.5. The van der Waals surface area contributed by atoms with E-state index < -0.39 is 18.3 Å². The van der Waals surface area contributed by atoms with Crippen molar-refractivity contribution in [3.8, 4) is 0 Å². The average molecular weight is 357 g/mol. The minimum Gasteiger partial charge on any atom is -0.400 e. The molecule has 1 N–H and O–H groups in total. The van der Waals surface area contributed by atoms with Gasteiger partial charge in [-0.2, -0.15) is 0 Å². The third kappa shape index (κ3) is 4.48. The molecule has 1 saturated heterocycles. The van der Waals surface area contributed by atoms with Gasteiger partial charge in [-0.15, -0.1) is 0 Å². The molecule has 2 rings (SSSR count). The summed E-state index contributed by atoms with van der Waals surface area (Å²) in [5.74, 6) is -0.178. The number of carbonyl (C=O) groups is 3. The molecule has 1 aromatic rings. The molecule has 138 valence electrons. The predicted molar refractivity (Wildman–Crippen MR) is 100.0 cm³/mol. The molecule has 7 heteroatoms.